The largest absolute Gasteiger partial charge is 0.481 e. The maximum absolute atomic E-state index is 10.6. The second-order valence-electron chi connectivity index (χ2n) is 3.79. The summed E-state index contributed by atoms with van der Waals surface area (Å²) in [5.41, 5.74) is 0. The molecular weight excluding hydrogens is 264 g/mol. The van der Waals surface area contributed by atoms with Crippen LogP contribution < -0.4 is 0 Å². The van der Waals surface area contributed by atoms with E-state index in [1.165, 1.54) is 13.0 Å². The summed E-state index contributed by atoms with van der Waals surface area (Å²) < 4.78 is 4.52. The molecule has 0 aliphatic carbocycles. The number of Topliss-reactive ketones (excluding diaryl/α,β-unsaturated/α-hetero) is 2. The normalized spacial score (nSPS) is 8.65. The highest BCUT2D eigenvalue weighted by molar-refractivity contribution is 5.94. The molecule has 0 heterocycles. The minimum absolute atomic E-state index is 0.145. The number of allylic oxidation sites excluding steroid dienone is 1. The molecule has 0 aromatic heterocycles. The molecule has 0 aromatic rings. The lowest BCUT2D eigenvalue weighted by atomic mass is 10.2. The van der Waals surface area contributed by atoms with Crippen LogP contribution in [0.3, 0.4) is 0 Å². The zero-order valence-corrected chi connectivity index (χ0v) is 11.6. The molecule has 6 heteroatoms. The number of carbonyl (C=O) groups is 4. The van der Waals surface area contributed by atoms with E-state index in [0.29, 0.717) is 6.42 Å². The number of carboxylic acids is 1. The van der Waals surface area contributed by atoms with Gasteiger partial charge >= 0.3 is 11.9 Å². The number of esters is 1. The Morgan fingerprint density at radius 3 is 2.10 bits per heavy atom. The number of rotatable bonds is 9. The molecule has 0 saturated heterocycles. The third-order valence-electron chi connectivity index (χ3n) is 1.73. The number of aliphatic carboxylic acids is 1. The van der Waals surface area contributed by atoms with Crippen molar-refractivity contribution in [3.8, 4) is 0 Å². The van der Waals surface area contributed by atoms with E-state index < -0.39 is 11.9 Å². The van der Waals surface area contributed by atoms with Crippen molar-refractivity contribution in [2.45, 2.75) is 32.6 Å². The molecule has 0 aromatic carbocycles. The van der Waals surface area contributed by atoms with Gasteiger partial charge < -0.3 is 9.84 Å². The van der Waals surface area contributed by atoms with Crippen LogP contribution in [0.15, 0.2) is 25.3 Å². The summed E-state index contributed by atoms with van der Waals surface area (Å²) in [6.07, 6.45) is 3.39. The molecule has 0 aliphatic heterocycles. The first-order chi connectivity index (χ1) is 9.33. The molecule has 112 valence electrons. The first-order valence-electron chi connectivity index (χ1n) is 5.93. The van der Waals surface area contributed by atoms with Gasteiger partial charge in [0.15, 0.2) is 0 Å². The molecule has 0 bridgehead atoms. The predicted molar refractivity (Wildman–Crippen MR) is 73.1 cm³/mol. The van der Waals surface area contributed by atoms with Gasteiger partial charge in [-0.2, -0.15) is 0 Å². The van der Waals surface area contributed by atoms with Crippen molar-refractivity contribution >= 4 is 23.5 Å². The Morgan fingerprint density at radius 1 is 1.10 bits per heavy atom. The zero-order valence-electron chi connectivity index (χ0n) is 11.6. The molecular formula is C14H20O6. The molecule has 1 N–H and O–H groups in total. The minimum Gasteiger partial charge on any atom is -0.481 e. The lowest BCUT2D eigenvalue weighted by molar-refractivity contribution is -0.145. The van der Waals surface area contributed by atoms with Crippen LogP contribution in [0.5, 0.6) is 0 Å². The molecule has 0 saturated carbocycles. The van der Waals surface area contributed by atoms with E-state index in [2.05, 4.69) is 17.9 Å². The summed E-state index contributed by atoms with van der Waals surface area (Å²) >= 11 is 0. The topological polar surface area (TPSA) is 97.7 Å². The first-order valence-corrected chi connectivity index (χ1v) is 5.93. The van der Waals surface area contributed by atoms with Crippen LogP contribution in [0.1, 0.15) is 32.6 Å². The standard InChI is InChI=1S/2C7H10O3/c1-3-4-10-7(9)5-6(2)8;1-2-3-4-6(8)5-7(9)10/h3H,1,4-5H2,2H3;2H,1,3-5H2,(H,9,10). The fraction of sp³-hybridized carbons (Fsp3) is 0.429. The van der Waals surface area contributed by atoms with Crippen LogP contribution in [0.25, 0.3) is 0 Å². The quantitative estimate of drug-likeness (QED) is 0.393. The van der Waals surface area contributed by atoms with Gasteiger partial charge in [0.05, 0.1) is 0 Å². The average molecular weight is 284 g/mol. The lowest BCUT2D eigenvalue weighted by Gasteiger charge is -1.96. The summed E-state index contributed by atoms with van der Waals surface area (Å²) in [6, 6.07) is 0. The molecule has 0 fully saturated rings. The van der Waals surface area contributed by atoms with Crippen molar-refractivity contribution in [3.05, 3.63) is 25.3 Å². The summed E-state index contributed by atoms with van der Waals surface area (Å²) in [7, 11) is 0. The fourth-order valence-corrected chi connectivity index (χ4v) is 0.926. The Bertz CT molecular complexity index is 334. The number of hydrogen-bond acceptors (Lipinski definition) is 5. The molecule has 20 heavy (non-hydrogen) atoms. The molecule has 0 aliphatic rings. The van der Waals surface area contributed by atoms with E-state index in [-0.39, 0.29) is 37.4 Å². The second kappa shape index (κ2) is 13.2. The van der Waals surface area contributed by atoms with Crippen molar-refractivity contribution in [2.24, 2.45) is 0 Å². The molecule has 0 unspecified atom stereocenters. The maximum Gasteiger partial charge on any atom is 0.313 e. The first kappa shape index (κ1) is 20.1. The van der Waals surface area contributed by atoms with Gasteiger partial charge in [-0.25, -0.2) is 0 Å². The van der Waals surface area contributed by atoms with Gasteiger partial charge in [-0.15, -0.1) is 6.58 Å². The molecule has 0 amide bonds. The van der Waals surface area contributed by atoms with Gasteiger partial charge in [-0.05, 0) is 13.3 Å². The highest BCUT2D eigenvalue weighted by Gasteiger charge is 2.05. The van der Waals surface area contributed by atoms with Gasteiger partial charge in [-0.1, -0.05) is 18.7 Å². The summed E-state index contributed by atoms with van der Waals surface area (Å²) in [5, 5.41) is 8.14. The smallest absolute Gasteiger partial charge is 0.313 e. The summed E-state index contributed by atoms with van der Waals surface area (Å²) in [4.78, 5) is 41.3. The Labute approximate surface area is 118 Å². The monoisotopic (exact) mass is 284 g/mol. The van der Waals surface area contributed by atoms with Crippen molar-refractivity contribution in [1.82, 2.24) is 0 Å². The third-order valence-corrected chi connectivity index (χ3v) is 1.73. The van der Waals surface area contributed by atoms with Gasteiger partial charge in [0, 0.05) is 6.42 Å². The van der Waals surface area contributed by atoms with Crippen molar-refractivity contribution < 1.29 is 29.0 Å². The van der Waals surface area contributed by atoms with E-state index >= 15 is 0 Å². The molecule has 6 nitrogen and oxygen atoms in total. The van der Waals surface area contributed by atoms with E-state index in [1.807, 2.05) is 0 Å². The molecule has 0 radical (unpaired) electrons. The van der Waals surface area contributed by atoms with E-state index in [9.17, 15) is 19.2 Å². The zero-order chi connectivity index (χ0) is 16.0. The fourth-order valence-electron chi connectivity index (χ4n) is 0.926. The van der Waals surface area contributed by atoms with Gasteiger partial charge in [-0.3, -0.25) is 19.2 Å². The Morgan fingerprint density at radius 2 is 1.70 bits per heavy atom. The molecule has 0 spiro atoms. The minimum atomic E-state index is -1.06. The van der Waals surface area contributed by atoms with Crippen LogP contribution >= 0.6 is 0 Å². The van der Waals surface area contributed by atoms with Gasteiger partial charge in [0.1, 0.15) is 31.0 Å². The van der Waals surface area contributed by atoms with Crippen molar-refractivity contribution in [3.63, 3.8) is 0 Å². The third kappa shape index (κ3) is 18.1. The Hall–Kier alpha value is -2.24. The predicted octanol–water partition coefficient (Wildman–Crippen LogP) is 1.69. The molecule has 0 atom stereocenters. The van der Waals surface area contributed by atoms with Crippen LogP contribution in [0.2, 0.25) is 0 Å². The lowest BCUT2D eigenvalue weighted by Crippen LogP contribution is -2.08. The second-order valence-corrected chi connectivity index (χ2v) is 3.79. The summed E-state index contributed by atoms with van der Waals surface area (Å²) in [5.74, 6) is -1.98. The van der Waals surface area contributed by atoms with Crippen LogP contribution in [0, 0.1) is 0 Å². The van der Waals surface area contributed by atoms with E-state index in [4.69, 9.17) is 5.11 Å². The number of carboxylic acid groups (broad SMARTS) is 1. The van der Waals surface area contributed by atoms with Crippen molar-refractivity contribution in [1.29, 1.82) is 0 Å². The van der Waals surface area contributed by atoms with E-state index in [0.717, 1.165) is 0 Å². The SMILES string of the molecule is C=CCCC(=O)CC(=O)O.C=CCOC(=O)CC(C)=O. The summed E-state index contributed by atoms with van der Waals surface area (Å²) in [6.45, 7) is 8.28. The highest BCUT2D eigenvalue weighted by Crippen LogP contribution is 1.94. The number of hydrogen-bond donors (Lipinski definition) is 1. The highest BCUT2D eigenvalue weighted by atomic mass is 16.5. The van der Waals surface area contributed by atoms with Gasteiger partial charge in [0.2, 0.25) is 0 Å². The van der Waals surface area contributed by atoms with E-state index in [1.54, 1.807) is 6.08 Å². The Kier molecular flexibility index (Phi) is 13.3. The number of ether oxygens (including phenoxy) is 1. The van der Waals surface area contributed by atoms with Crippen molar-refractivity contribution in [2.75, 3.05) is 6.61 Å². The number of carbonyl (C=O) groups excluding carboxylic acids is 3. The van der Waals surface area contributed by atoms with Crippen LogP contribution in [-0.2, 0) is 23.9 Å². The van der Waals surface area contributed by atoms with Crippen LogP contribution in [-0.4, -0.2) is 35.2 Å². The van der Waals surface area contributed by atoms with Crippen LogP contribution in [0.4, 0.5) is 0 Å². The molecule has 0 rings (SSSR count). The number of ketones is 2. The van der Waals surface area contributed by atoms with Gasteiger partial charge in [0.25, 0.3) is 0 Å². The Balaban J connectivity index is 0. The maximum atomic E-state index is 10.6. The average Bonchev–Trinajstić information content (AvgIpc) is 2.33.